The Morgan fingerprint density at radius 3 is 3.00 bits per heavy atom. The van der Waals surface area contributed by atoms with Crippen molar-refractivity contribution in [2.75, 3.05) is 13.2 Å². The summed E-state index contributed by atoms with van der Waals surface area (Å²) in [5, 5.41) is 3.50. The molecule has 1 fully saturated rings. The van der Waals surface area contributed by atoms with Crippen molar-refractivity contribution in [2.45, 2.75) is 26.0 Å². The van der Waals surface area contributed by atoms with Crippen LogP contribution in [0.2, 0.25) is 5.02 Å². The van der Waals surface area contributed by atoms with E-state index in [2.05, 4.69) is 12.2 Å². The lowest BCUT2D eigenvalue weighted by atomic mass is 10.0. The van der Waals surface area contributed by atoms with Gasteiger partial charge in [0.25, 0.3) is 0 Å². The van der Waals surface area contributed by atoms with Crippen LogP contribution in [0.15, 0.2) is 18.2 Å². The van der Waals surface area contributed by atoms with Gasteiger partial charge < -0.3 is 10.1 Å². The van der Waals surface area contributed by atoms with E-state index in [4.69, 9.17) is 16.3 Å². The number of rotatable bonds is 4. The minimum absolute atomic E-state index is 0.173. The van der Waals surface area contributed by atoms with E-state index in [0.29, 0.717) is 18.6 Å². The lowest BCUT2D eigenvalue weighted by Crippen LogP contribution is -2.26. The Labute approximate surface area is 106 Å². The Hall–Kier alpha value is -0.640. The van der Waals surface area contributed by atoms with E-state index in [9.17, 15) is 4.39 Å². The van der Waals surface area contributed by atoms with Crippen molar-refractivity contribution in [2.24, 2.45) is 5.92 Å². The summed E-state index contributed by atoms with van der Waals surface area (Å²) >= 11 is 5.63. The van der Waals surface area contributed by atoms with E-state index in [-0.39, 0.29) is 10.8 Å². The lowest BCUT2D eigenvalue weighted by molar-refractivity contribution is 0.105. The second kappa shape index (κ2) is 5.80. The van der Waals surface area contributed by atoms with E-state index >= 15 is 0 Å². The van der Waals surface area contributed by atoms with Crippen molar-refractivity contribution in [3.05, 3.63) is 34.6 Å². The number of hydrogen-bond donors (Lipinski definition) is 1. The van der Waals surface area contributed by atoms with Crippen molar-refractivity contribution in [3.63, 3.8) is 0 Å². The Morgan fingerprint density at radius 1 is 1.53 bits per heavy atom. The van der Waals surface area contributed by atoms with Crippen molar-refractivity contribution in [1.29, 1.82) is 0 Å². The molecule has 0 bridgehead atoms. The lowest BCUT2D eigenvalue weighted by Gasteiger charge is -2.14. The molecule has 1 N–H and O–H groups in total. The van der Waals surface area contributed by atoms with E-state index in [1.807, 2.05) is 6.07 Å². The largest absolute Gasteiger partial charge is 0.378 e. The van der Waals surface area contributed by atoms with Gasteiger partial charge in [-0.2, -0.15) is 0 Å². The van der Waals surface area contributed by atoms with Gasteiger partial charge in [-0.3, -0.25) is 0 Å². The fourth-order valence-corrected chi connectivity index (χ4v) is 2.21. The first-order chi connectivity index (χ1) is 8.16. The van der Waals surface area contributed by atoms with Crippen LogP contribution in [-0.2, 0) is 11.3 Å². The average Bonchev–Trinajstić information content (AvgIpc) is 2.70. The molecule has 2 nitrogen and oxygen atoms in total. The molecule has 0 saturated carbocycles. The van der Waals surface area contributed by atoms with E-state index in [1.165, 1.54) is 6.07 Å². The van der Waals surface area contributed by atoms with Gasteiger partial charge in [-0.25, -0.2) is 4.39 Å². The number of nitrogens with one attached hydrogen (secondary N) is 1. The molecule has 2 unspecified atom stereocenters. The van der Waals surface area contributed by atoms with E-state index in [1.54, 1.807) is 6.07 Å². The molecule has 1 heterocycles. The molecule has 0 spiro atoms. The van der Waals surface area contributed by atoms with Gasteiger partial charge in [0.2, 0.25) is 0 Å². The topological polar surface area (TPSA) is 21.3 Å². The summed E-state index contributed by atoms with van der Waals surface area (Å²) < 4.78 is 18.7. The summed E-state index contributed by atoms with van der Waals surface area (Å²) in [6.07, 6.45) is 1.42. The first-order valence-electron chi connectivity index (χ1n) is 5.93. The minimum Gasteiger partial charge on any atom is -0.378 e. The first kappa shape index (κ1) is 12.8. The quantitative estimate of drug-likeness (QED) is 0.895. The second-order valence-corrected chi connectivity index (χ2v) is 4.91. The average molecular weight is 258 g/mol. The van der Waals surface area contributed by atoms with Crippen LogP contribution in [0, 0.1) is 11.7 Å². The van der Waals surface area contributed by atoms with Gasteiger partial charge >= 0.3 is 0 Å². The molecule has 0 amide bonds. The highest BCUT2D eigenvalue weighted by atomic mass is 35.5. The van der Waals surface area contributed by atoms with Gasteiger partial charge in [-0.1, -0.05) is 17.7 Å². The molecule has 1 aromatic carbocycles. The molecule has 2 rings (SSSR count). The highest BCUT2D eigenvalue weighted by Gasteiger charge is 2.23. The van der Waals surface area contributed by atoms with Crippen molar-refractivity contribution < 1.29 is 9.13 Å². The van der Waals surface area contributed by atoms with Crippen LogP contribution in [0.3, 0.4) is 0 Å². The number of hydrogen-bond acceptors (Lipinski definition) is 2. The van der Waals surface area contributed by atoms with E-state index in [0.717, 1.165) is 25.1 Å². The van der Waals surface area contributed by atoms with Gasteiger partial charge in [0.1, 0.15) is 5.82 Å². The highest BCUT2D eigenvalue weighted by Crippen LogP contribution is 2.20. The van der Waals surface area contributed by atoms with Crippen LogP contribution in [-0.4, -0.2) is 19.3 Å². The molecular weight excluding hydrogens is 241 g/mol. The Balaban J connectivity index is 1.79. The zero-order chi connectivity index (χ0) is 12.3. The smallest absolute Gasteiger partial charge is 0.142 e. The number of ether oxygens (including phenoxy) is 1. The molecule has 0 aliphatic carbocycles. The number of halogens is 2. The summed E-state index contributed by atoms with van der Waals surface area (Å²) in [7, 11) is 0. The van der Waals surface area contributed by atoms with Crippen LogP contribution in [0.4, 0.5) is 4.39 Å². The van der Waals surface area contributed by atoms with Gasteiger partial charge in [0.15, 0.2) is 0 Å². The Bertz CT molecular complexity index is 386. The maximum absolute atomic E-state index is 13.2. The molecule has 4 heteroatoms. The summed E-state index contributed by atoms with van der Waals surface area (Å²) in [5.41, 5.74) is 0.915. The minimum atomic E-state index is -0.358. The second-order valence-electron chi connectivity index (χ2n) is 4.50. The van der Waals surface area contributed by atoms with Gasteiger partial charge in [0, 0.05) is 19.7 Å². The molecule has 2 atom stereocenters. The zero-order valence-corrected chi connectivity index (χ0v) is 10.6. The SMILES string of the molecule is CC1OCCC1CNCc1ccc(Cl)c(F)c1. The third-order valence-corrected chi connectivity index (χ3v) is 3.56. The number of benzene rings is 1. The summed E-state index contributed by atoms with van der Waals surface area (Å²) in [6, 6.07) is 4.91. The normalized spacial score (nSPS) is 24.2. The molecule has 1 aliphatic rings. The molecule has 1 aliphatic heterocycles. The fourth-order valence-electron chi connectivity index (χ4n) is 2.10. The van der Waals surface area contributed by atoms with Gasteiger partial charge in [-0.15, -0.1) is 0 Å². The molecule has 94 valence electrons. The first-order valence-corrected chi connectivity index (χ1v) is 6.31. The van der Waals surface area contributed by atoms with Crippen LogP contribution in [0.25, 0.3) is 0 Å². The Morgan fingerprint density at radius 2 is 2.35 bits per heavy atom. The standard InChI is InChI=1S/C13H17ClFNO/c1-9-11(4-5-17-9)8-16-7-10-2-3-12(14)13(15)6-10/h2-3,6,9,11,16H,4-5,7-8H2,1H3. The van der Waals surface area contributed by atoms with Crippen LogP contribution in [0.5, 0.6) is 0 Å². The van der Waals surface area contributed by atoms with Crippen LogP contribution < -0.4 is 5.32 Å². The van der Waals surface area contributed by atoms with E-state index < -0.39 is 0 Å². The van der Waals surface area contributed by atoms with Crippen LogP contribution in [0.1, 0.15) is 18.9 Å². The van der Waals surface area contributed by atoms with Crippen molar-refractivity contribution in [3.8, 4) is 0 Å². The Kier molecular flexibility index (Phi) is 4.37. The van der Waals surface area contributed by atoms with Gasteiger partial charge in [0.05, 0.1) is 11.1 Å². The predicted molar refractivity (Wildman–Crippen MR) is 66.6 cm³/mol. The predicted octanol–water partition coefficient (Wildman–Crippen LogP) is 2.99. The monoisotopic (exact) mass is 257 g/mol. The van der Waals surface area contributed by atoms with Gasteiger partial charge in [-0.05, 0) is 37.0 Å². The fraction of sp³-hybridized carbons (Fsp3) is 0.538. The molecule has 1 aromatic rings. The zero-order valence-electron chi connectivity index (χ0n) is 9.88. The summed E-state index contributed by atoms with van der Waals surface area (Å²) in [5.74, 6) is 0.204. The maximum atomic E-state index is 13.2. The summed E-state index contributed by atoms with van der Waals surface area (Å²) in [6.45, 7) is 4.52. The molecule has 1 saturated heterocycles. The molecule has 17 heavy (non-hydrogen) atoms. The summed E-state index contributed by atoms with van der Waals surface area (Å²) in [4.78, 5) is 0. The third-order valence-electron chi connectivity index (χ3n) is 3.25. The molecule has 0 radical (unpaired) electrons. The van der Waals surface area contributed by atoms with Crippen molar-refractivity contribution in [1.82, 2.24) is 5.32 Å². The highest BCUT2D eigenvalue weighted by molar-refractivity contribution is 6.30. The molecule has 0 aromatic heterocycles. The molecular formula is C13H17ClFNO. The van der Waals surface area contributed by atoms with Crippen molar-refractivity contribution >= 4 is 11.6 Å². The maximum Gasteiger partial charge on any atom is 0.142 e. The van der Waals surface area contributed by atoms with Crippen LogP contribution >= 0.6 is 11.6 Å². The third kappa shape index (κ3) is 3.41.